The number of carbonyl (C=O) groups excluding carboxylic acids is 1. The van der Waals surface area contributed by atoms with Crippen LogP contribution in [0.2, 0.25) is 0 Å². The zero-order valence-corrected chi connectivity index (χ0v) is 12.0. The summed E-state index contributed by atoms with van der Waals surface area (Å²) in [7, 11) is 0. The summed E-state index contributed by atoms with van der Waals surface area (Å²) in [5.74, 6) is -1.12. The Kier molecular flexibility index (Phi) is 3.50. The molecule has 0 aliphatic rings. The minimum absolute atomic E-state index is 0.0323. The lowest BCUT2D eigenvalue weighted by Gasteiger charge is -2.19. The van der Waals surface area contributed by atoms with Crippen molar-refractivity contribution in [2.75, 3.05) is 5.32 Å². The van der Waals surface area contributed by atoms with Crippen LogP contribution in [0.4, 0.5) is 10.7 Å². The number of aromatic nitrogens is 4. The van der Waals surface area contributed by atoms with Gasteiger partial charge in [-0.2, -0.15) is 9.61 Å². The average molecular weight is 293 g/mol. The van der Waals surface area contributed by atoms with Crippen LogP contribution in [-0.2, 0) is 4.74 Å². The minimum Gasteiger partial charge on any atom is -0.477 e. The fraction of sp³-hybridized carbons (Fsp3) is 0.417. The third kappa shape index (κ3) is 3.07. The molecule has 112 valence electrons. The van der Waals surface area contributed by atoms with Gasteiger partial charge in [-0.1, -0.05) is 0 Å². The maximum absolute atomic E-state index is 11.7. The number of ether oxygens (including phenoxy) is 1. The van der Waals surface area contributed by atoms with E-state index in [1.807, 2.05) is 0 Å². The fourth-order valence-electron chi connectivity index (χ4n) is 1.71. The summed E-state index contributed by atoms with van der Waals surface area (Å²) < 4.78 is 6.26. The van der Waals surface area contributed by atoms with Gasteiger partial charge in [0.05, 0.1) is 5.69 Å². The molecule has 0 fully saturated rings. The number of aromatic carboxylic acids is 1. The van der Waals surface area contributed by atoms with Crippen molar-refractivity contribution in [3.63, 3.8) is 0 Å². The van der Waals surface area contributed by atoms with Crippen molar-refractivity contribution in [1.29, 1.82) is 0 Å². The Morgan fingerprint density at radius 2 is 2.00 bits per heavy atom. The van der Waals surface area contributed by atoms with Crippen molar-refractivity contribution in [3.05, 3.63) is 17.6 Å². The van der Waals surface area contributed by atoms with Crippen molar-refractivity contribution in [2.45, 2.75) is 33.3 Å². The van der Waals surface area contributed by atoms with E-state index in [1.54, 1.807) is 20.8 Å². The van der Waals surface area contributed by atoms with E-state index in [9.17, 15) is 9.59 Å². The van der Waals surface area contributed by atoms with E-state index >= 15 is 0 Å². The van der Waals surface area contributed by atoms with Crippen LogP contribution in [0.15, 0.2) is 6.33 Å². The second-order valence-electron chi connectivity index (χ2n) is 5.33. The van der Waals surface area contributed by atoms with Crippen molar-refractivity contribution < 1.29 is 19.4 Å². The molecule has 0 bridgehead atoms. The van der Waals surface area contributed by atoms with Crippen molar-refractivity contribution in [2.24, 2.45) is 0 Å². The lowest BCUT2D eigenvalue weighted by atomic mass is 10.2. The van der Waals surface area contributed by atoms with Crippen LogP contribution in [0.5, 0.6) is 0 Å². The maximum Gasteiger partial charge on any atom is 0.414 e. The monoisotopic (exact) mass is 293 g/mol. The topological polar surface area (TPSA) is 119 Å². The van der Waals surface area contributed by atoms with E-state index in [0.29, 0.717) is 0 Å². The van der Waals surface area contributed by atoms with E-state index in [2.05, 4.69) is 20.4 Å². The maximum atomic E-state index is 11.7. The van der Waals surface area contributed by atoms with Gasteiger partial charge < -0.3 is 9.84 Å². The summed E-state index contributed by atoms with van der Waals surface area (Å²) in [6, 6.07) is 0. The predicted molar refractivity (Wildman–Crippen MR) is 72.3 cm³/mol. The first-order valence-corrected chi connectivity index (χ1v) is 6.12. The molecule has 0 atom stereocenters. The Balaban J connectivity index is 2.40. The largest absolute Gasteiger partial charge is 0.477 e. The molecule has 2 heterocycles. The highest BCUT2D eigenvalue weighted by atomic mass is 16.6. The van der Waals surface area contributed by atoms with Gasteiger partial charge in [-0.3, -0.25) is 5.32 Å². The zero-order chi connectivity index (χ0) is 15.8. The summed E-state index contributed by atoms with van der Waals surface area (Å²) in [5.41, 5.74) is -0.330. The second-order valence-corrected chi connectivity index (χ2v) is 5.33. The molecular formula is C12H15N5O4. The number of anilines is 1. The number of hydrogen-bond donors (Lipinski definition) is 2. The van der Waals surface area contributed by atoms with Crippen molar-refractivity contribution >= 4 is 23.7 Å². The number of carbonyl (C=O) groups is 2. The van der Waals surface area contributed by atoms with Crippen molar-refractivity contribution in [3.8, 4) is 0 Å². The summed E-state index contributed by atoms with van der Waals surface area (Å²) in [6.07, 6.45) is 0.433. The Hall–Kier alpha value is -2.71. The molecule has 2 N–H and O–H groups in total. The van der Waals surface area contributed by atoms with Crippen molar-refractivity contribution in [1.82, 2.24) is 19.6 Å². The molecule has 9 nitrogen and oxygen atoms in total. The van der Waals surface area contributed by atoms with Crippen LogP contribution in [0.3, 0.4) is 0 Å². The number of carboxylic acids is 1. The summed E-state index contributed by atoms with van der Waals surface area (Å²) in [6.45, 7) is 6.71. The second kappa shape index (κ2) is 5.00. The van der Waals surface area contributed by atoms with E-state index in [-0.39, 0.29) is 22.9 Å². The molecular weight excluding hydrogens is 278 g/mol. The van der Waals surface area contributed by atoms with Gasteiger partial charge in [0.25, 0.3) is 0 Å². The first-order chi connectivity index (χ1) is 9.69. The van der Waals surface area contributed by atoms with Crippen LogP contribution < -0.4 is 5.32 Å². The molecule has 9 heteroatoms. The van der Waals surface area contributed by atoms with E-state index in [1.165, 1.54) is 6.92 Å². The minimum atomic E-state index is -1.15. The molecule has 0 radical (unpaired) electrons. The lowest BCUT2D eigenvalue weighted by molar-refractivity contribution is 0.0632. The Morgan fingerprint density at radius 3 is 2.57 bits per heavy atom. The lowest BCUT2D eigenvalue weighted by Crippen LogP contribution is -2.28. The molecule has 0 aliphatic carbocycles. The standard InChI is InChI=1S/C12H15N5O4/c1-6-7(9(18)19)8-13-5-14-10(17(8)16-6)15-11(20)21-12(2,3)4/h5H,1-4H3,(H,18,19)(H,13,14,15,20). The van der Waals surface area contributed by atoms with Crippen LogP contribution in [0.25, 0.3) is 5.65 Å². The van der Waals surface area contributed by atoms with E-state index < -0.39 is 17.7 Å². The molecule has 21 heavy (non-hydrogen) atoms. The highest BCUT2D eigenvalue weighted by Crippen LogP contribution is 2.16. The summed E-state index contributed by atoms with van der Waals surface area (Å²) in [5, 5.41) is 15.6. The highest BCUT2D eigenvalue weighted by Gasteiger charge is 2.22. The number of nitrogens with zero attached hydrogens (tertiary/aromatic N) is 4. The number of fused-ring (bicyclic) bond motifs is 1. The zero-order valence-electron chi connectivity index (χ0n) is 12.0. The number of hydrogen-bond acceptors (Lipinski definition) is 6. The molecule has 2 aromatic heterocycles. The summed E-state index contributed by atoms with van der Waals surface area (Å²) in [4.78, 5) is 30.7. The number of carboxylic acid groups (broad SMARTS) is 1. The van der Waals surface area contributed by atoms with Gasteiger partial charge in [-0.15, -0.1) is 0 Å². The van der Waals surface area contributed by atoms with E-state index in [0.717, 1.165) is 10.8 Å². The number of rotatable bonds is 2. The van der Waals surface area contributed by atoms with Gasteiger partial charge in [0.2, 0.25) is 5.95 Å². The first-order valence-electron chi connectivity index (χ1n) is 6.12. The normalized spacial score (nSPS) is 11.4. The van der Waals surface area contributed by atoms with Crippen LogP contribution in [0, 0.1) is 6.92 Å². The summed E-state index contributed by atoms with van der Waals surface area (Å²) >= 11 is 0. The predicted octanol–water partition coefficient (Wildman–Crippen LogP) is 1.48. The quantitative estimate of drug-likeness (QED) is 0.860. The van der Waals surface area contributed by atoms with Gasteiger partial charge in [0, 0.05) is 0 Å². The van der Waals surface area contributed by atoms with E-state index in [4.69, 9.17) is 9.84 Å². The SMILES string of the molecule is Cc1nn2c(NC(=O)OC(C)(C)C)ncnc2c1C(=O)O. The highest BCUT2D eigenvalue weighted by molar-refractivity contribution is 5.96. The fourth-order valence-corrected chi connectivity index (χ4v) is 1.71. The molecule has 2 aromatic rings. The average Bonchev–Trinajstić information content (AvgIpc) is 2.63. The van der Waals surface area contributed by atoms with Crippen LogP contribution >= 0.6 is 0 Å². The Bertz CT molecular complexity index is 716. The van der Waals surface area contributed by atoms with Gasteiger partial charge >= 0.3 is 12.1 Å². The van der Waals surface area contributed by atoms with Crippen LogP contribution in [-0.4, -0.2) is 42.4 Å². The van der Waals surface area contributed by atoms with Gasteiger partial charge in [0.1, 0.15) is 17.5 Å². The third-order valence-corrected chi connectivity index (χ3v) is 2.42. The molecule has 0 saturated carbocycles. The molecule has 1 amide bonds. The van der Waals surface area contributed by atoms with Gasteiger partial charge in [-0.25, -0.2) is 19.6 Å². The number of nitrogens with one attached hydrogen (secondary N) is 1. The van der Waals surface area contributed by atoms with Crippen LogP contribution in [0.1, 0.15) is 36.8 Å². The Labute approximate surface area is 120 Å². The van der Waals surface area contributed by atoms with Gasteiger partial charge in [0.15, 0.2) is 5.65 Å². The Morgan fingerprint density at radius 1 is 1.33 bits per heavy atom. The number of aryl methyl sites for hydroxylation is 1. The molecule has 0 saturated heterocycles. The van der Waals surface area contributed by atoms with Gasteiger partial charge in [-0.05, 0) is 27.7 Å². The molecule has 0 spiro atoms. The first kappa shape index (κ1) is 14.7. The molecule has 0 aliphatic heterocycles. The molecule has 0 unspecified atom stereocenters. The smallest absolute Gasteiger partial charge is 0.414 e. The number of amides is 1. The molecule has 2 rings (SSSR count). The molecule has 0 aromatic carbocycles. The third-order valence-electron chi connectivity index (χ3n) is 2.42.